The van der Waals surface area contributed by atoms with Crippen LogP contribution in [0.4, 0.5) is 5.69 Å². The maximum absolute atomic E-state index is 11.2. The second kappa shape index (κ2) is 6.04. The monoisotopic (exact) mass is 281 g/mol. The Morgan fingerprint density at radius 1 is 1.47 bits per heavy atom. The number of allylic oxidation sites excluding steroid dienone is 1. The van der Waals surface area contributed by atoms with Gasteiger partial charge in [-0.15, -0.1) is 0 Å². The third-order valence-electron chi connectivity index (χ3n) is 2.83. The molecule has 2 N–H and O–H groups in total. The minimum Gasteiger partial charge on any atom is -0.392 e. The number of aliphatic hydroxyl groups is 1. The van der Waals surface area contributed by atoms with E-state index in [9.17, 15) is 13.5 Å². The van der Waals surface area contributed by atoms with Crippen LogP contribution in [0.5, 0.6) is 0 Å². The van der Waals surface area contributed by atoms with E-state index in [1.165, 1.54) is 0 Å². The second-order valence-corrected chi connectivity index (χ2v) is 6.16. The average Bonchev–Trinajstić information content (AvgIpc) is 2.28. The molecule has 0 fully saturated rings. The summed E-state index contributed by atoms with van der Waals surface area (Å²) >= 11 is 0. The molecule has 0 saturated carbocycles. The lowest BCUT2D eigenvalue weighted by Gasteiger charge is -2.12. The van der Waals surface area contributed by atoms with Crippen molar-refractivity contribution in [3.8, 4) is 0 Å². The third kappa shape index (κ3) is 4.22. The summed E-state index contributed by atoms with van der Waals surface area (Å²) < 4.78 is 24.8. The third-order valence-corrected chi connectivity index (χ3v) is 3.44. The standard InChI is InChI=1S/C14H19NO3S/c1-5-12(9-16)11(3)14-7-6-13(8-10(14)2)15-19(4,17)18/h5-8,15-16H,1,9H2,2-4H3. The summed E-state index contributed by atoms with van der Waals surface area (Å²) in [6.45, 7) is 7.39. The summed E-state index contributed by atoms with van der Waals surface area (Å²) in [5.74, 6) is 0. The van der Waals surface area contributed by atoms with Crippen molar-refractivity contribution in [3.05, 3.63) is 47.6 Å². The van der Waals surface area contributed by atoms with Crippen LogP contribution in [0.15, 0.2) is 36.4 Å². The van der Waals surface area contributed by atoms with Gasteiger partial charge in [-0.05, 0) is 48.3 Å². The molecule has 0 bridgehead atoms. The molecule has 104 valence electrons. The number of sulfonamides is 1. The van der Waals surface area contributed by atoms with E-state index in [0.717, 1.165) is 28.5 Å². The average molecular weight is 281 g/mol. The molecular weight excluding hydrogens is 262 g/mol. The van der Waals surface area contributed by atoms with Gasteiger partial charge in [0, 0.05) is 5.69 Å². The zero-order valence-electron chi connectivity index (χ0n) is 11.4. The van der Waals surface area contributed by atoms with Crippen LogP contribution in [0.2, 0.25) is 0 Å². The zero-order valence-corrected chi connectivity index (χ0v) is 12.2. The minimum atomic E-state index is -3.27. The molecule has 0 aliphatic rings. The lowest BCUT2D eigenvalue weighted by Crippen LogP contribution is -2.09. The van der Waals surface area contributed by atoms with Gasteiger partial charge in [0.25, 0.3) is 0 Å². The summed E-state index contributed by atoms with van der Waals surface area (Å²) in [5, 5.41) is 9.24. The Morgan fingerprint density at radius 3 is 2.53 bits per heavy atom. The first kappa shape index (κ1) is 15.5. The fraction of sp³-hybridized carbons (Fsp3) is 0.286. The van der Waals surface area contributed by atoms with Crippen molar-refractivity contribution in [3.63, 3.8) is 0 Å². The number of aryl methyl sites for hydroxylation is 1. The number of aliphatic hydroxyl groups excluding tert-OH is 1. The van der Waals surface area contributed by atoms with Crippen LogP contribution in [0.3, 0.4) is 0 Å². The quantitative estimate of drug-likeness (QED) is 0.814. The Labute approximate surface area is 114 Å². The molecule has 1 aromatic rings. The van der Waals surface area contributed by atoms with Crippen molar-refractivity contribution in [1.29, 1.82) is 0 Å². The van der Waals surface area contributed by atoms with Crippen LogP contribution in [0.1, 0.15) is 18.1 Å². The van der Waals surface area contributed by atoms with Crippen molar-refractivity contribution < 1.29 is 13.5 Å². The predicted octanol–water partition coefficient (Wildman–Crippen LogP) is 2.32. The second-order valence-electron chi connectivity index (χ2n) is 4.42. The highest BCUT2D eigenvalue weighted by atomic mass is 32.2. The molecule has 0 radical (unpaired) electrons. The van der Waals surface area contributed by atoms with Gasteiger partial charge in [-0.3, -0.25) is 4.72 Å². The highest BCUT2D eigenvalue weighted by molar-refractivity contribution is 7.92. The number of anilines is 1. The van der Waals surface area contributed by atoms with Crippen molar-refractivity contribution in [2.24, 2.45) is 0 Å². The van der Waals surface area contributed by atoms with Gasteiger partial charge < -0.3 is 5.11 Å². The van der Waals surface area contributed by atoms with Gasteiger partial charge in [0.2, 0.25) is 10.0 Å². The first-order valence-electron chi connectivity index (χ1n) is 5.80. The molecule has 1 rings (SSSR count). The van der Waals surface area contributed by atoms with Crippen LogP contribution in [-0.2, 0) is 10.0 Å². The van der Waals surface area contributed by atoms with E-state index in [0.29, 0.717) is 5.69 Å². The topological polar surface area (TPSA) is 66.4 Å². The van der Waals surface area contributed by atoms with E-state index < -0.39 is 10.0 Å². The molecule has 1 aromatic carbocycles. The molecule has 0 heterocycles. The Morgan fingerprint density at radius 2 is 2.11 bits per heavy atom. The molecule has 0 spiro atoms. The van der Waals surface area contributed by atoms with E-state index in [4.69, 9.17) is 0 Å². The lowest BCUT2D eigenvalue weighted by molar-refractivity contribution is 0.335. The Balaban J connectivity index is 3.21. The predicted molar refractivity (Wildman–Crippen MR) is 79.5 cm³/mol. The Bertz CT molecular complexity index is 616. The van der Waals surface area contributed by atoms with Gasteiger partial charge in [0.15, 0.2) is 0 Å². The Kier molecular flexibility index (Phi) is 4.91. The SMILES string of the molecule is C=CC(CO)=C(C)c1ccc(NS(C)(=O)=O)cc1C. The fourth-order valence-electron chi connectivity index (χ4n) is 1.87. The van der Waals surface area contributed by atoms with Crippen molar-refractivity contribution in [2.45, 2.75) is 13.8 Å². The van der Waals surface area contributed by atoms with Crippen LogP contribution < -0.4 is 4.72 Å². The normalized spacial score (nSPS) is 12.8. The van der Waals surface area contributed by atoms with E-state index in [1.54, 1.807) is 18.2 Å². The molecule has 5 heteroatoms. The number of hydrogen-bond acceptors (Lipinski definition) is 3. The van der Waals surface area contributed by atoms with Crippen LogP contribution in [0, 0.1) is 6.92 Å². The highest BCUT2D eigenvalue weighted by Gasteiger charge is 2.07. The molecule has 0 unspecified atom stereocenters. The molecule has 0 aliphatic heterocycles. The zero-order chi connectivity index (χ0) is 14.6. The van der Waals surface area contributed by atoms with E-state index in [-0.39, 0.29) is 6.61 Å². The number of nitrogens with one attached hydrogen (secondary N) is 1. The maximum Gasteiger partial charge on any atom is 0.229 e. The number of rotatable bonds is 5. The first-order chi connectivity index (χ1) is 8.78. The molecule has 4 nitrogen and oxygen atoms in total. The summed E-state index contributed by atoms with van der Waals surface area (Å²) in [4.78, 5) is 0. The fourth-order valence-corrected chi connectivity index (χ4v) is 2.43. The van der Waals surface area contributed by atoms with E-state index in [2.05, 4.69) is 11.3 Å². The Hall–Kier alpha value is -1.59. The summed E-state index contributed by atoms with van der Waals surface area (Å²) in [6, 6.07) is 5.29. The van der Waals surface area contributed by atoms with Crippen molar-refractivity contribution in [1.82, 2.24) is 0 Å². The highest BCUT2D eigenvalue weighted by Crippen LogP contribution is 2.25. The van der Waals surface area contributed by atoms with Gasteiger partial charge in [0.05, 0.1) is 12.9 Å². The van der Waals surface area contributed by atoms with Crippen LogP contribution in [0.25, 0.3) is 5.57 Å². The van der Waals surface area contributed by atoms with E-state index >= 15 is 0 Å². The molecule has 0 aliphatic carbocycles. The van der Waals surface area contributed by atoms with Crippen molar-refractivity contribution in [2.75, 3.05) is 17.6 Å². The molecule has 0 aromatic heterocycles. The largest absolute Gasteiger partial charge is 0.392 e. The molecule has 0 saturated heterocycles. The van der Waals surface area contributed by atoms with Gasteiger partial charge in [-0.25, -0.2) is 8.42 Å². The van der Waals surface area contributed by atoms with Gasteiger partial charge in [-0.2, -0.15) is 0 Å². The van der Waals surface area contributed by atoms with Crippen molar-refractivity contribution >= 4 is 21.3 Å². The van der Waals surface area contributed by atoms with Crippen LogP contribution >= 0.6 is 0 Å². The number of benzene rings is 1. The summed E-state index contributed by atoms with van der Waals surface area (Å²) in [6.07, 6.45) is 2.74. The van der Waals surface area contributed by atoms with E-state index in [1.807, 2.05) is 19.9 Å². The number of hydrogen-bond donors (Lipinski definition) is 2. The molecule has 19 heavy (non-hydrogen) atoms. The maximum atomic E-state index is 11.2. The summed E-state index contributed by atoms with van der Waals surface area (Å²) in [7, 11) is -3.27. The van der Waals surface area contributed by atoms with Gasteiger partial charge in [-0.1, -0.05) is 18.7 Å². The molecular formula is C14H19NO3S. The smallest absolute Gasteiger partial charge is 0.229 e. The molecule has 0 amide bonds. The minimum absolute atomic E-state index is 0.0713. The first-order valence-corrected chi connectivity index (χ1v) is 7.69. The summed E-state index contributed by atoms with van der Waals surface area (Å²) in [5.41, 5.74) is 4.11. The van der Waals surface area contributed by atoms with Gasteiger partial charge in [0.1, 0.15) is 0 Å². The molecule has 0 atom stereocenters. The van der Waals surface area contributed by atoms with Crippen LogP contribution in [-0.4, -0.2) is 26.4 Å². The lowest BCUT2D eigenvalue weighted by atomic mass is 9.97. The van der Waals surface area contributed by atoms with Gasteiger partial charge >= 0.3 is 0 Å².